The smallest absolute Gasteiger partial charge is 0.305 e. The molecule has 8 heteroatoms. The molecule has 0 bridgehead atoms. The number of carbonyl (C=O) groups excluding carboxylic acids is 2. The minimum absolute atomic E-state index is 0.0326. The third-order valence-electron chi connectivity index (χ3n) is 5.97. The summed E-state index contributed by atoms with van der Waals surface area (Å²) in [6, 6.07) is 18.9. The molecule has 1 aliphatic rings. The fourth-order valence-corrected chi connectivity index (χ4v) is 4.24. The first-order valence-electron chi connectivity index (χ1n) is 11.7. The monoisotopic (exact) mass is 487 g/mol. The molecule has 0 spiro atoms. The molecule has 1 fully saturated rings. The van der Waals surface area contributed by atoms with Gasteiger partial charge < -0.3 is 14.8 Å². The number of hydrogen-bond donors (Lipinski definition) is 1. The molecule has 1 aliphatic heterocycles. The van der Waals surface area contributed by atoms with E-state index in [0.29, 0.717) is 26.0 Å². The van der Waals surface area contributed by atoms with E-state index in [1.165, 1.54) is 18.2 Å². The third kappa shape index (κ3) is 8.40. The molecule has 0 aliphatic carbocycles. The Kier molecular flexibility index (Phi) is 10.8. The van der Waals surface area contributed by atoms with Crippen LogP contribution in [-0.2, 0) is 19.1 Å². The van der Waals surface area contributed by atoms with Gasteiger partial charge >= 0.3 is 5.97 Å². The van der Waals surface area contributed by atoms with Crippen molar-refractivity contribution < 1.29 is 19.1 Å². The number of ether oxygens (including phenoxy) is 2. The summed E-state index contributed by atoms with van der Waals surface area (Å²) in [5.74, 6) is -0.433. The van der Waals surface area contributed by atoms with E-state index >= 15 is 0 Å². The molecule has 34 heavy (non-hydrogen) atoms. The zero-order chi connectivity index (χ0) is 24.2. The normalized spacial score (nSPS) is 15.6. The molecule has 1 saturated heterocycles. The third-order valence-corrected chi connectivity index (χ3v) is 6.22. The van der Waals surface area contributed by atoms with Crippen LogP contribution in [0.5, 0.6) is 0 Å². The number of halogens is 1. The number of benzene rings is 2. The first kappa shape index (κ1) is 26.2. The van der Waals surface area contributed by atoms with E-state index in [2.05, 4.69) is 56.3 Å². The van der Waals surface area contributed by atoms with Crippen molar-refractivity contribution in [3.63, 3.8) is 0 Å². The Morgan fingerprint density at radius 2 is 1.68 bits per heavy atom. The van der Waals surface area contributed by atoms with E-state index < -0.39 is 0 Å². The van der Waals surface area contributed by atoms with Crippen LogP contribution in [0, 0.1) is 0 Å². The lowest BCUT2D eigenvalue weighted by Gasteiger charge is -2.39. The number of methoxy groups -OCH3 is 1. The Hall–Kier alpha value is -2.45. The minimum Gasteiger partial charge on any atom is -0.469 e. The Labute approximate surface area is 207 Å². The average Bonchev–Trinajstić information content (AvgIpc) is 2.87. The van der Waals surface area contributed by atoms with Crippen molar-refractivity contribution in [1.82, 2.24) is 15.1 Å². The Morgan fingerprint density at radius 3 is 2.35 bits per heavy atom. The van der Waals surface area contributed by atoms with Crippen LogP contribution in [0.15, 0.2) is 54.6 Å². The lowest BCUT2D eigenvalue weighted by atomic mass is 9.96. The van der Waals surface area contributed by atoms with Crippen molar-refractivity contribution in [2.45, 2.75) is 18.9 Å². The van der Waals surface area contributed by atoms with Crippen LogP contribution >= 0.6 is 11.6 Å². The molecule has 2 aromatic rings. The molecular weight excluding hydrogens is 454 g/mol. The number of nitrogens with one attached hydrogen (secondary N) is 1. The largest absolute Gasteiger partial charge is 0.469 e. The van der Waals surface area contributed by atoms with Crippen LogP contribution in [0.2, 0.25) is 5.02 Å². The maximum atomic E-state index is 11.8. The summed E-state index contributed by atoms with van der Waals surface area (Å²) >= 11 is 6.12. The SMILES string of the molecule is COC(=O)CCCNC(=O)COCCN1CCN([C@H](c2ccccc2)c2ccc(Cl)cc2)CC1. The second kappa shape index (κ2) is 14.1. The van der Waals surface area contributed by atoms with Gasteiger partial charge in [0.05, 0.1) is 19.8 Å². The molecule has 1 atom stereocenters. The van der Waals surface area contributed by atoms with Gasteiger partial charge in [0.2, 0.25) is 5.91 Å². The number of amides is 1. The first-order valence-corrected chi connectivity index (χ1v) is 12.1. The highest BCUT2D eigenvalue weighted by atomic mass is 35.5. The molecular formula is C26H34ClN3O4. The minimum atomic E-state index is -0.270. The zero-order valence-corrected chi connectivity index (χ0v) is 20.5. The Balaban J connectivity index is 1.39. The van der Waals surface area contributed by atoms with Gasteiger partial charge in [0.1, 0.15) is 6.61 Å². The van der Waals surface area contributed by atoms with Crippen molar-refractivity contribution in [2.75, 3.05) is 59.6 Å². The highest BCUT2D eigenvalue weighted by Crippen LogP contribution is 2.30. The molecule has 184 valence electrons. The predicted octanol–water partition coefficient (Wildman–Crippen LogP) is 3.13. The van der Waals surface area contributed by atoms with E-state index in [9.17, 15) is 9.59 Å². The van der Waals surface area contributed by atoms with Gasteiger partial charge in [0.15, 0.2) is 0 Å². The maximum Gasteiger partial charge on any atom is 0.305 e. The maximum absolute atomic E-state index is 11.8. The summed E-state index contributed by atoms with van der Waals surface area (Å²) in [5.41, 5.74) is 2.52. The van der Waals surface area contributed by atoms with Gasteiger partial charge in [-0.2, -0.15) is 0 Å². The first-order chi connectivity index (χ1) is 16.6. The average molecular weight is 488 g/mol. The highest BCUT2D eigenvalue weighted by Gasteiger charge is 2.26. The summed E-state index contributed by atoms with van der Waals surface area (Å²) in [6.07, 6.45) is 0.857. The lowest BCUT2D eigenvalue weighted by Crippen LogP contribution is -2.48. The summed E-state index contributed by atoms with van der Waals surface area (Å²) in [4.78, 5) is 27.8. The van der Waals surface area contributed by atoms with Gasteiger partial charge in [-0.3, -0.25) is 19.4 Å². The molecule has 0 saturated carbocycles. The van der Waals surface area contributed by atoms with Crippen LogP contribution < -0.4 is 5.32 Å². The van der Waals surface area contributed by atoms with Crippen molar-refractivity contribution >= 4 is 23.5 Å². The number of nitrogens with zero attached hydrogens (tertiary/aromatic N) is 2. The molecule has 0 radical (unpaired) electrons. The van der Waals surface area contributed by atoms with Crippen molar-refractivity contribution in [2.24, 2.45) is 0 Å². The number of esters is 1. The predicted molar refractivity (Wildman–Crippen MR) is 133 cm³/mol. The van der Waals surface area contributed by atoms with Crippen LogP contribution in [-0.4, -0.2) is 81.3 Å². The second-order valence-electron chi connectivity index (χ2n) is 8.32. The number of rotatable bonds is 12. The standard InChI is InChI=1S/C26H34ClN3O4/c1-33-25(32)8-5-13-28-24(31)20-34-19-18-29-14-16-30(17-15-29)26(21-6-3-2-4-7-21)22-9-11-23(27)12-10-22/h2-4,6-7,9-12,26H,5,8,13-20H2,1H3,(H,28,31)/t26-/m1/s1. The Bertz CT molecular complexity index is 887. The van der Waals surface area contributed by atoms with E-state index in [-0.39, 0.29) is 24.5 Å². The number of piperazine rings is 1. The van der Waals surface area contributed by atoms with Gasteiger partial charge in [-0.05, 0) is 29.7 Å². The van der Waals surface area contributed by atoms with Gasteiger partial charge in [0.25, 0.3) is 0 Å². The Morgan fingerprint density at radius 1 is 1.00 bits per heavy atom. The van der Waals surface area contributed by atoms with Gasteiger partial charge in [-0.1, -0.05) is 54.1 Å². The van der Waals surface area contributed by atoms with Crippen molar-refractivity contribution in [3.05, 3.63) is 70.7 Å². The van der Waals surface area contributed by atoms with Crippen molar-refractivity contribution in [3.8, 4) is 0 Å². The summed E-state index contributed by atoms with van der Waals surface area (Å²) in [6.45, 7) is 5.56. The summed E-state index contributed by atoms with van der Waals surface area (Å²) in [5, 5.41) is 3.50. The van der Waals surface area contributed by atoms with Crippen molar-refractivity contribution in [1.29, 1.82) is 0 Å². The quantitative estimate of drug-likeness (QED) is 0.366. The van der Waals surface area contributed by atoms with Crippen LogP contribution in [0.25, 0.3) is 0 Å². The fraction of sp³-hybridized carbons (Fsp3) is 0.462. The van der Waals surface area contributed by atoms with E-state index in [1.807, 2.05) is 18.2 Å². The van der Waals surface area contributed by atoms with Gasteiger partial charge in [-0.25, -0.2) is 0 Å². The number of hydrogen-bond acceptors (Lipinski definition) is 6. The highest BCUT2D eigenvalue weighted by molar-refractivity contribution is 6.30. The van der Waals surface area contributed by atoms with Crippen LogP contribution in [0.3, 0.4) is 0 Å². The molecule has 3 rings (SSSR count). The van der Waals surface area contributed by atoms with E-state index in [4.69, 9.17) is 16.3 Å². The lowest BCUT2D eigenvalue weighted by molar-refractivity contribution is -0.140. The molecule has 0 unspecified atom stereocenters. The summed E-state index contributed by atoms with van der Waals surface area (Å²) < 4.78 is 10.1. The number of carbonyl (C=O) groups is 2. The summed E-state index contributed by atoms with van der Waals surface area (Å²) in [7, 11) is 1.36. The molecule has 0 aromatic heterocycles. The molecule has 1 amide bonds. The topological polar surface area (TPSA) is 71.1 Å². The van der Waals surface area contributed by atoms with E-state index in [1.54, 1.807) is 0 Å². The van der Waals surface area contributed by atoms with Crippen LogP contribution in [0.4, 0.5) is 0 Å². The fourth-order valence-electron chi connectivity index (χ4n) is 4.11. The zero-order valence-electron chi connectivity index (χ0n) is 19.7. The van der Waals surface area contributed by atoms with Gasteiger partial charge in [-0.15, -0.1) is 0 Å². The molecule has 7 nitrogen and oxygen atoms in total. The molecule has 2 aromatic carbocycles. The second-order valence-corrected chi connectivity index (χ2v) is 8.76. The molecule has 1 heterocycles. The van der Waals surface area contributed by atoms with Gasteiger partial charge in [0, 0.05) is 50.7 Å². The van der Waals surface area contributed by atoms with Crippen LogP contribution in [0.1, 0.15) is 30.0 Å². The molecule has 1 N–H and O–H groups in total. The van der Waals surface area contributed by atoms with E-state index in [0.717, 1.165) is 37.7 Å².